The molecule has 0 heterocycles. The third kappa shape index (κ3) is 3.49. The predicted molar refractivity (Wildman–Crippen MR) is 79.3 cm³/mol. The van der Waals surface area contributed by atoms with Gasteiger partial charge in [0.05, 0.1) is 7.11 Å². The van der Waals surface area contributed by atoms with Gasteiger partial charge in [0.1, 0.15) is 12.4 Å². The second kappa shape index (κ2) is 6.72. The van der Waals surface area contributed by atoms with E-state index in [1.54, 1.807) is 19.2 Å². The second-order valence-electron chi connectivity index (χ2n) is 4.21. The summed E-state index contributed by atoms with van der Waals surface area (Å²) in [6, 6.07) is 10.2. The fourth-order valence-corrected chi connectivity index (χ4v) is 2.14. The highest BCUT2D eigenvalue weighted by molar-refractivity contribution is 9.10. The van der Waals surface area contributed by atoms with Gasteiger partial charge in [-0.05, 0) is 29.8 Å². The van der Waals surface area contributed by atoms with Crippen molar-refractivity contribution >= 4 is 15.9 Å². The maximum Gasteiger partial charge on any atom is 0.165 e. The van der Waals surface area contributed by atoms with Gasteiger partial charge in [0.25, 0.3) is 0 Å². The van der Waals surface area contributed by atoms with Crippen molar-refractivity contribution in [3.63, 3.8) is 0 Å². The number of benzene rings is 2. The molecule has 0 aromatic heterocycles. The first-order valence-electron chi connectivity index (χ1n) is 6.07. The quantitative estimate of drug-likeness (QED) is 0.904. The van der Waals surface area contributed by atoms with Gasteiger partial charge >= 0.3 is 0 Å². The summed E-state index contributed by atoms with van der Waals surface area (Å²) in [6.07, 6.45) is 0. The van der Waals surface area contributed by atoms with E-state index in [-0.39, 0.29) is 12.4 Å². The summed E-state index contributed by atoms with van der Waals surface area (Å²) in [6.45, 7) is 0.666. The lowest BCUT2D eigenvalue weighted by molar-refractivity contribution is 0.289. The number of halogens is 2. The molecule has 0 spiro atoms. The van der Waals surface area contributed by atoms with Crippen molar-refractivity contribution in [2.45, 2.75) is 13.2 Å². The van der Waals surface area contributed by atoms with Crippen LogP contribution in [-0.2, 0) is 13.2 Å². The zero-order chi connectivity index (χ0) is 14.5. The third-order valence-electron chi connectivity index (χ3n) is 2.86. The molecule has 0 saturated heterocycles. The Labute approximate surface area is 125 Å². The Hall–Kier alpha value is -1.59. The minimum atomic E-state index is -0.390. The van der Waals surface area contributed by atoms with Crippen LogP contribution in [-0.4, -0.2) is 7.11 Å². The minimum absolute atomic E-state index is 0.209. The molecule has 20 heavy (non-hydrogen) atoms. The van der Waals surface area contributed by atoms with Crippen LogP contribution in [0.5, 0.6) is 11.5 Å². The molecule has 0 aliphatic rings. The molecule has 0 amide bonds. The molecule has 0 radical (unpaired) electrons. The third-order valence-corrected chi connectivity index (χ3v) is 3.35. The van der Waals surface area contributed by atoms with Gasteiger partial charge < -0.3 is 15.2 Å². The topological polar surface area (TPSA) is 44.5 Å². The maximum absolute atomic E-state index is 13.5. The molecular weight excluding hydrogens is 325 g/mol. The Bertz CT molecular complexity index is 604. The smallest absolute Gasteiger partial charge is 0.165 e. The van der Waals surface area contributed by atoms with Crippen molar-refractivity contribution in [3.8, 4) is 11.5 Å². The number of rotatable bonds is 5. The molecule has 2 rings (SSSR count). The highest BCUT2D eigenvalue weighted by Gasteiger charge is 2.07. The molecule has 2 N–H and O–H groups in total. The van der Waals surface area contributed by atoms with Gasteiger partial charge in [-0.2, -0.15) is 0 Å². The maximum atomic E-state index is 13.5. The van der Waals surface area contributed by atoms with Crippen molar-refractivity contribution < 1.29 is 13.9 Å². The molecule has 2 aromatic rings. The Morgan fingerprint density at radius 1 is 1.15 bits per heavy atom. The highest BCUT2D eigenvalue weighted by Crippen LogP contribution is 2.24. The van der Waals surface area contributed by atoms with Crippen LogP contribution < -0.4 is 15.2 Å². The molecular formula is C15H15BrFNO2. The molecule has 0 aliphatic carbocycles. The van der Waals surface area contributed by atoms with Crippen LogP contribution in [0.15, 0.2) is 40.9 Å². The Morgan fingerprint density at radius 2 is 1.95 bits per heavy atom. The summed E-state index contributed by atoms with van der Waals surface area (Å²) < 4.78 is 25.1. The molecule has 0 saturated carbocycles. The second-order valence-corrected chi connectivity index (χ2v) is 5.13. The van der Waals surface area contributed by atoms with Gasteiger partial charge in [-0.15, -0.1) is 0 Å². The van der Waals surface area contributed by atoms with E-state index in [1.165, 1.54) is 6.07 Å². The largest absolute Gasteiger partial charge is 0.496 e. The molecule has 0 bridgehead atoms. The van der Waals surface area contributed by atoms with Crippen molar-refractivity contribution in [1.29, 1.82) is 0 Å². The summed E-state index contributed by atoms with van der Waals surface area (Å²) in [5.41, 5.74) is 7.42. The zero-order valence-electron chi connectivity index (χ0n) is 11.0. The number of nitrogens with two attached hydrogens (primary N) is 1. The lowest BCUT2D eigenvalue weighted by Gasteiger charge is -2.11. The summed E-state index contributed by atoms with van der Waals surface area (Å²) in [4.78, 5) is 0. The van der Waals surface area contributed by atoms with Gasteiger partial charge in [-0.1, -0.05) is 28.1 Å². The molecule has 5 heteroatoms. The number of hydrogen-bond acceptors (Lipinski definition) is 3. The lowest BCUT2D eigenvalue weighted by Crippen LogP contribution is -2.02. The van der Waals surface area contributed by atoms with Crippen LogP contribution in [0.3, 0.4) is 0 Å². The average Bonchev–Trinajstić information content (AvgIpc) is 2.47. The average molecular weight is 340 g/mol. The predicted octanol–water partition coefficient (Wildman–Crippen LogP) is 3.63. The summed E-state index contributed by atoms with van der Waals surface area (Å²) in [5.74, 6) is 0.531. The Kier molecular flexibility index (Phi) is 4.98. The van der Waals surface area contributed by atoms with E-state index < -0.39 is 5.82 Å². The normalized spacial score (nSPS) is 10.4. The standard InChI is InChI=1S/C15H15BrFNO2/c1-19-14-6-10(2-3-11(14)8-18)9-20-15-7-12(16)4-5-13(15)17/h2-7H,8-9,18H2,1H3. The molecule has 0 fully saturated rings. The van der Waals surface area contributed by atoms with Crippen LogP contribution in [0.4, 0.5) is 4.39 Å². The SMILES string of the molecule is COc1cc(COc2cc(Br)ccc2F)ccc1CN. The first-order chi connectivity index (χ1) is 9.63. The van der Waals surface area contributed by atoms with Crippen molar-refractivity contribution in [2.24, 2.45) is 5.73 Å². The number of methoxy groups -OCH3 is 1. The van der Waals surface area contributed by atoms with E-state index >= 15 is 0 Å². The molecule has 3 nitrogen and oxygen atoms in total. The van der Waals surface area contributed by atoms with E-state index in [2.05, 4.69) is 15.9 Å². The minimum Gasteiger partial charge on any atom is -0.496 e. The van der Waals surface area contributed by atoms with Crippen molar-refractivity contribution in [3.05, 3.63) is 57.8 Å². The first kappa shape index (κ1) is 14.8. The Balaban J connectivity index is 2.12. The summed E-state index contributed by atoms with van der Waals surface area (Å²) in [7, 11) is 1.59. The molecule has 0 atom stereocenters. The van der Waals surface area contributed by atoms with Crippen molar-refractivity contribution in [2.75, 3.05) is 7.11 Å². The Morgan fingerprint density at radius 3 is 2.65 bits per heavy atom. The van der Waals surface area contributed by atoms with Crippen molar-refractivity contribution in [1.82, 2.24) is 0 Å². The van der Waals surface area contributed by atoms with Gasteiger partial charge in [0, 0.05) is 16.6 Å². The first-order valence-corrected chi connectivity index (χ1v) is 6.87. The molecule has 0 unspecified atom stereocenters. The number of hydrogen-bond donors (Lipinski definition) is 1. The van der Waals surface area contributed by atoms with Crippen LogP contribution in [0.2, 0.25) is 0 Å². The van der Waals surface area contributed by atoms with E-state index in [0.717, 1.165) is 15.6 Å². The van der Waals surface area contributed by atoms with E-state index in [9.17, 15) is 4.39 Å². The molecule has 106 valence electrons. The monoisotopic (exact) mass is 339 g/mol. The highest BCUT2D eigenvalue weighted by atomic mass is 79.9. The zero-order valence-corrected chi connectivity index (χ0v) is 12.6. The van der Waals surface area contributed by atoms with E-state index in [1.807, 2.05) is 18.2 Å². The summed E-state index contributed by atoms with van der Waals surface area (Å²) in [5, 5.41) is 0. The van der Waals surface area contributed by atoms with Gasteiger partial charge in [0.15, 0.2) is 11.6 Å². The molecule has 0 aliphatic heterocycles. The van der Waals surface area contributed by atoms with Gasteiger partial charge in [0.2, 0.25) is 0 Å². The lowest BCUT2D eigenvalue weighted by atomic mass is 10.1. The fraction of sp³-hybridized carbons (Fsp3) is 0.200. The van der Waals surface area contributed by atoms with Crippen LogP contribution in [0, 0.1) is 5.82 Å². The van der Waals surface area contributed by atoms with E-state index in [0.29, 0.717) is 12.3 Å². The number of ether oxygens (including phenoxy) is 2. The van der Waals surface area contributed by atoms with Crippen LogP contribution >= 0.6 is 15.9 Å². The van der Waals surface area contributed by atoms with Crippen LogP contribution in [0.25, 0.3) is 0 Å². The van der Waals surface area contributed by atoms with Gasteiger partial charge in [-0.3, -0.25) is 0 Å². The van der Waals surface area contributed by atoms with Gasteiger partial charge in [-0.25, -0.2) is 4.39 Å². The van der Waals surface area contributed by atoms with Crippen LogP contribution in [0.1, 0.15) is 11.1 Å². The molecule has 2 aromatic carbocycles. The van der Waals surface area contributed by atoms with E-state index in [4.69, 9.17) is 15.2 Å². The fourth-order valence-electron chi connectivity index (χ4n) is 1.80. The summed E-state index contributed by atoms with van der Waals surface area (Å²) >= 11 is 3.28.